The monoisotopic (exact) mass is 559 g/mol. The minimum absolute atomic E-state index is 0.0570. The van der Waals surface area contributed by atoms with E-state index in [2.05, 4.69) is 31.7 Å². The summed E-state index contributed by atoms with van der Waals surface area (Å²) >= 11 is 5.63. The summed E-state index contributed by atoms with van der Waals surface area (Å²) in [7, 11) is 1.80. The van der Waals surface area contributed by atoms with Gasteiger partial charge in [0, 0.05) is 42.0 Å². The van der Waals surface area contributed by atoms with E-state index in [1.54, 1.807) is 7.11 Å². The molecule has 1 aromatic rings. The SMILES string of the molecule is COC12CC[C@@]3(C[C@@H]1[C@](C)(O)C(C)(C)C)C1Cc4ccc(OC(=O)OCCl)c5c4[C@@]3(CCN1CC1CC1)[C@H]2O5. The van der Waals surface area contributed by atoms with Crippen LogP contribution in [0.15, 0.2) is 12.1 Å². The predicted molar refractivity (Wildman–Crippen MR) is 146 cm³/mol. The third-order valence-electron chi connectivity index (χ3n) is 12.2. The van der Waals surface area contributed by atoms with Crippen molar-refractivity contribution in [1.82, 2.24) is 4.90 Å². The molecule has 2 aliphatic heterocycles. The highest BCUT2D eigenvalue weighted by Crippen LogP contribution is 2.78. The molecule has 8 heteroatoms. The molecule has 0 amide bonds. The molecular formula is C31H42ClNO6. The maximum absolute atomic E-state index is 12.4. The second-order valence-electron chi connectivity index (χ2n) is 14.4. The normalized spacial score (nSPS) is 39.5. The third-order valence-corrected chi connectivity index (χ3v) is 12.3. The largest absolute Gasteiger partial charge is 0.515 e. The molecule has 2 heterocycles. The summed E-state index contributed by atoms with van der Waals surface area (Å²) in [6, 6.07) is 4.09. The first-order chi connectivity index (χ1) is 18.4. The highest BCUT2D eigenvalue weighted by atomic mass is 35.5. The van der Waals surface area contributed by atoms with Crippen molar-refractivity contribution in [3.05, 3.63) is 23.3 Å². The fourth-order valence-electron chi connectivity index (χ4n) is 9.81. The van der Waals surface area contributed by atoms with Gasteiger partial charge in [0.15, 0.2) is 17.6 Å². The first kappa shape index (κ1) is 26.4. The minimum atomic E-state index is -0.977. The van der Waals surface area contributed by atoms with E-state index in [0.29, 0.717) is 17.5 Å². The van der Waals surface area contributed by atoms with Crippen LogP contribution in [0.2, 0.25) is 0 Å². The second kappa shape index (κ2) is 8.27. The number of halogens is 1. The lowest BCUT2D eigenvalue weighted by molar-refractivity contribution is -0.312. The molecule has 0 radical (unpaired) electrons. The predicted octanol–water partition coefficient (Wildman–Crippen LogP) is 5.42. The van der Waals surface area contributed by atoms with Crippen LogP contribution < -0.4 is 9.47 Å². The summed E-state index contributed by atoms with van der Waals surface area (Å²) in [5, 5.41) is 12.3. The van der Waals surface area contributed by atoms with Crippen molar-refractivity contribution in [2.24, 2.45) is 22.7 Å². The number of methoxy groups -OCH3 is 1. The van der Waals surface area contributed by atoms with Gasteiger partial charge in [0.2, 0.25) is 0 Å². The number of benzene rings is 1. The number of ether oxygens (including phenoxy) is 4. The Morgan fingerprint density at radius 3 is 2.64 bits per heavy atom. The van der Waals surface area contributed by atoms with Crippen molar-refractivity contribution < 1.29 is 28.8 Å². The van der Waals surface area contributed by atoms with Gasteiger partial charge < -0.3 is 24.1 Å². The van der Waals surface area contributed by atoms with Gasteiger partial charge in [0.05, 0.1) is 5.60 Å². The van der Waals surface area contributed by atoms with Crippen LogP contribution in [0.4, 0.5) is 4.79 Å². The van der Waals surface area contributed by atoms with Crippen molar-refractivity contribution >= 4 is 17.8 Å². The van der Waals surface area contributed by atoms with Gasteiger partial charge in [-0.25, -0.2) is 4.79 Å². The number of likely N-dealkylation sites (tertiary alicyclic amines) is 1. The number of alkyl halides is 1. The first-order valence-electron chi connectivity index (χ1n) is 14.7. The zero-order chi connectivity index (χ0) is 27.6. The van der Waals surface area contributed by atoms with Gasteiger partial charge in [-0.05, 0) is 81.4 Å². The zero-order valence-corrected chi connectivity index (χ0v) is 24.6. The molecule has 5 aliphatic carbocycles. The van der Waals surface area contributed by atoms with Gasteiger partial charge in [-0.15, -0.1) is 0 Å². The fourth-order valence-corrected chi connectivity index (χ4v) is 9.90. The average Bonchev–Trinajstić information content (AvgIpc) is 3.62. The molecule has 2 unspecified atom stereocenters. The Bertz CT molecular complexity index is 1210. The summed E-state index contributed by atoms with van der Waals surface area (Å²) in [5.74, 6) is 1.74. The van der Waals surface area contributed by atoms with Crippen LogP contribution in [0.25, 0.3) is 0 Å². The number of carbonyl (C=O) groups excluding carboxylic acids is 1. The number of carbonyl (C=O) groups is 1. The van der Waals surface area contributed by atoms with Gasteiger partial charge in [-0.2, -0.15) is 0 Å². The Morgan fingerprint density at radius 1 is 1.21 bits per heavy atom. The molecule has 2 spiro atoms. The van der Waals surface area contributed by atoms with Crippen LogP contribution in [0.3, 0.4) is 0 Å². The summed E-state index contributed by atoms with van der Waals surface area (Å²) in [4.78, 5) is 15.1. The Hall–Kier alpha value is -1.54. The van der Waals surface area contributed by atoms with Crippen molar-refractivity contribution in [2.45, 2.75) is 101 Å². The molecule has 4 bridgehead atoms. The number of fused-ring (bicyclic) bond motifs is 2. The van der Waals surface area contributed by atoms with Gasteiger partial charge >= 0.3 is 6.16 Å². The van der Waals surface area contributed by atoms with Gasteiger partial charge in [0.25, 0.3) is 0 Å². The van der Waals surface area contributed by atoms with E-state index in [1.807, 2.05) is 13.0 Å². The number of hydrogen-bond donors (Lipinski definition) is 1. The zero-order valence-electron chi connectivity index (χ0n) is 23.8. The fraction of sp³-hybridized carbons (Fsp3) is 0.774. The van der Waals surface area contributed by atoms with Crippen LogP contribution in [0, 0.1) is 22.7 Å². The molecular weight excluding hydrogens is 518 g/mol. The minimum Gasteiger partial charge on any atom is -0.482 e. The number of rotatable bonds is 6. The van der Waals surface area contributed by atoms with E-state index in [-0.39, 0.29) is 34.3 Å². The molecule has 0 aromatic heterocycles. The van der Waals surface area contributed by atoms with E-state index in [9.17, 15) is 9.90 Å². The third kappa shape index (κ3) is 3.19. The number of nitrogens with zero attached hydrogens (tertiary/aromatic N) is 1. The van der Waals surface area contributed by atoms with E-state index >= 15 is 0 Å². The second-order valence-corrected chi connectivity index (χ2v) is 14.6. The van der Waals surface area contributed by atoms with Crippen molar-refractivity contribution in [2.75, 3.05) is 26.3 Å². The average molecular weight is 560 g/mol. The first-order valence-corrected chi connectivity index (χ1v) is 15.2. The Morgan fingerprint density at radius 2 is 1.97 bits per heavy atom. The molecule has 1 N–H and O–H groups in total. The smallest absolute Gasteiger partial charge is 0.482 e. The molecule has 1 saturated heterocycles. The summed E-state index contributed by atoms with van der Waals surface area (Å²) < 4.78 is 24.2. The summed E-state index contributed by atoms with van der Waals surface area (Å²) in [6.07, 6.45) is 6.27. The lowest BCUT2D eigenvalue weighted by atomic mass is 9.33. The lowest BCUT2D eigenvalue weighted by Gasteiger charge is -2.75. The molecule has 39 heavy (non-hydrogen) atoms. The standard InChI is InChI=1S/C31H42ClNO6/c1-27(2,3)28(4,35)21-15-29-10-11-31(21,36-5)25-30(29)12-13-33(16-18-6-7-18)22(29)14-19-8-9-20(24(39-25)23(19)30)38-26(34)37-17-32/h8-9,18,21-22,25,35H,6-7,10-17H2,1-5H3/t21-,22?,25-,28+,29-,30+,31?/m1/s1. The quantitative estimate of drug-likeness (QED) is 0.283. The highest BCUT2D eigenvalue weighted by Gasteiger charge is 2.82. The highest BCUT2D eigenvalue weighted by molar-refractivity contribution is 6.17. The van der Waals surface area contributed by atoms with E-state index in [1.165, 1.54) is 24.0 Å². The van der Waals surface area contributed by atoms with Gasteiger partial charge in [0.1, 0.15) is 11.7 Å². The number of hydrogen-bond acceptors (Lipinski definition) is 7. The molecule has 5 fully saturated rings. The van der Waals surface area contributed by atoms with Crippen LogP contribution in [0.5, 0.6) is 11.5 Å². The van der Waals surface area contributed by atoms with Crippen LogP contribution in [-0.2, 0) is 21.3 Å². The van der Waals surface area contributed by atoms with Crippen LogP contribution >= 0.6 is 11.6 Å². The Kier molecular flexibility index (Phi) is 5.59. The van der Waals surface area contributed by atoms with Crippen LogP contribution in [-0.4, -0.2) is 65.8 Å². The molecule has 214 valence electrons. The Labute approximate surface area is 236 Å². The summed E-state index contributed by atoms with van der Waals surface area (Å²) in [6.45, 7) is 10.6. The van der Waals surface area contributed by atoms with Gasteiger partial charge in [-0.3, -0.25) is 4.90 Å². The molecule has 7 aliphatic rings. The molecule has 1 aromatic carbocycles. The van der Waals surface area contributed by atoms with Crippen LogP contribution in [0.1, 0.15) is 77.3 Å². The van der Waals surface area contributed by atoms with Crippen molar-refractivity contribution in [3.63, 3.8) is 0 Å². The number of piperidine rings is 1. The topological polar surface area (TPSA) is 77.5 Å². The maximum Gasteiger partial charge on any atom is 0.515 e. The van der Waals surface area contributed by atoms with Crippen molar-refractivity contribution in [3.8, 4) is 11.5 Å². The number of aliphatic hydroxyl groups is 1. The van der Waals surface area contributed by atoms with E-state index < -0.39 is 17.4 Å². The maximum atomic E-state index is 12.4. The molecule has 4 saturated carbocycles. The van der Waals surface area contributed by atoms with Crippen molar-refractivity contribution in [1.29, 1.82) is 0 Å². The van der Waals surface area contributed by atoms with E-state index in [0.717, 1.165) is 51.1 Å². The van der Waals surface area contributed by atoms with Gasteiger partial charge in [-0.1, -0.05) is 38.4 Å². The molecule has 8 rings (SSSR count). The molecule has 7 nitrogen and oxygen atoms in total. The molecule has 7 atom stereocenters. The summed E-state index contributed by atoms with van der Waals surface area (Å²) in [5.41, 5.74) is 0.200. The lowest BCUT2D eigenvalue weighted by Crippen LogP contribution is -2.83. The van der Waals surface area contributed by atoms with E-state index in [4.69, 9.17) is 30.5 Å². The Balaban J connectivity index is 1.43.